The quantitative estimate of drug-likeness (QED) is 0.0803. The second kappa shape index (κ2) is 20.2. The van der Waals surface area contributed by atoms with Gasteiger partial charge in [0.1, 0.15) is 11.2 Å². The number of anilines is 2. The second-order valence-corrected chi connectivity index (χ2v) is 16.6. The first kappa shape index (κ1) is 46.0. The minimum atomic E-state index is -0.514. The van der Waals surface area contributed by atoms with E-state index < -0.39 is 11.2 Å². The molecule has 2 atom stereocenters. The van der Waals surface area contributed by atoms with Gasteiger partial charge in [-0.05, 0) is 133 Å². The molecular weight excluding hydrogens is 819 g/mol. The molecule has 4 aromatic carbocycles. The number of carbonyl (C=O) groups excluding carboxylic acids is 4. The van der Waals surface area contributed by atoms with Crippen LogP contribution in [0.3, 0.4) is 0 Å². The number of hydrogen-bond donors (Lipinski definition) is 1. The minimum absolute atomic E-state index is 0.0598. The summed E-state index contributed by atoms with van der Waals surface area (Å²) in [5, 5.41) is 1.71. The highest BCUT2D eigenvalue weighted by Crippen LogP contribution is 2.31. The average molecular weight is 871 g/mol. The van der Waals surface area contributed by atoms with Crippen molar-refractivity contribution in [2.24, 2.45) is 0 Å². The van der Waals surface area contributed by atoms with Gasteiger partial charge in [-0.1, -0.05) is 75.5 Å². The first-order valence-corrected chi connectivity index (χ1v) is 20.0. The van der Waals surface area contributed by atoms with Crippen LogP contribution in [0.2, 0.25) is 10.0 Å². The van der Waals surface area contributed by atoms with E-state index in [0.29, 0.717) is 45.3 Å². The summed E-state index contributed by atoms with van der Waals surface area (Å²) in [5.41, 5.74) is 10.9. The van der Waals surface area contributed by atoms with E-state index >= 15 is 0 Å². The van der Waals surface area contributed by atoms with Crippen LogP contribution in [0.1, 0.15) is 117 Å². The number of nitrogens with two attached hydrogens (primary N) is 1. The minimum Gasteiger partial charge on any atom is -0.462 e. The molecule has 4 aromatic rings. The number of carbonyl (C=O) groups is 4. The summed E-state index contributed by atoms with van der Waals surface area (Å²) >= 11 is 15.1. The Bertz CT molecular complexity index is 1990. The molecule has 0 bridgehead atoms. The van der Waals surface area contributed by atoms with Crippen molar-refractivity contribution in [3.63, 3.8) is 0 Å². The zero-order chi connectivity index (χ0) is 42.0. The zero-order valence-electron chi connectivity index (χ0n) is 33.4. The first-order valence-electron chi connectivity index (χ1n) is 18.2. The highest BCUT2D eigenvalue weighted by atomic mass is 79.9. The van der Waals surface area contributed by atoms with Crippen LogP contribution in [0.5, 0.6) is 0 Å². The van der Waals surface area contributed by atoms with Crippen molar-refractivity contribution >= 4 is 74.3 Å². The highest BCUT2D eigenvalue weighted by Gasteiger charge is 2.29. The highest BCUT2D eigenvalue weighted by molar-refractivity contribution is 9.08. The lowest BCUT2D eigenvalue weighted by atomic mass is 10.0. The number of nitrogens with zero attached hydrogens (tertiary/aromatic N) is 1. The Morgan fingerprint density at radius 1 is 0.768 bits per heavy atom. The molecule has 0 radical (unpaired) electrons. The summed E-state index contributed by atoms with van der Waals surface area (Å²) in [6.07, 6.45) is 0. The number of halogens is 3. The van der Waals surface area contributed by atoms with Gasteiger partial charge in [0.05, 0.1) is 30.6 Å². The van der Waals surface area contributed by atoms with Crippen molar-refractivity contribution in [2.75, 3.05) is 17.2 Å². The zero-order valence-corrected chi connectivity index (χ0v) is 36.5. The van der Waals surface area contributed by atoms with Gasteiger partial charge in [0, 0.05) is 32.3 Å². The van der Waals surface area contributed by atoms with E-state index in [0.717, 1.165) is 27.9 Å². The maximum absolute atomic E-state index is 12.6. The fourth-order valence-electron chi connectivity index (χ4n) is 5.33. The largest absolute Gasteiger partial charge is 0.462 e. The van der Waals surface area contributed by atoms with Crippen LogP contribution in [0, 0.1) is 0 Å². The monoisotopic (exact) mass is 868 g/mol. The third-order valence-electron chi connectivity index (χ3n) is 8.25. The molecule has 1 aliphatic rings. The van der Waals surface area contributed by atoms with Gasteiger partial charge in [0.15, 0.2) is 0 Å². The number of nitrogen functional groups attached to an aromatic ring is 1. The molecule has 0 saturated heterocycles. The van der Waals surface area contributed by atoms with Crippen LogP contribution in [-0.2, 0) is 35.7 Å². The Kier molecular flexibility index (Phi) is 16.6. The van der Waals surface area contributed by atoms with Gasteiger partial charge in [-0.2, -0.15) is 0 Å². The van der Waals surface area contributed by atoms with Crippen LogP contribution >= 0.6 is 39.1 Å². The third kappa shape index (κ3) is 13.7. The molecule has 0 spiro atoms. The molecule has 0 aliphatic carbocycles. The normalized spacial score (nSPS) is 13.2. The first-order chi connectivity index (χ1) is 26.1. The van der Waals surface area contributed by atoms with E-state index in [4.69, 9.17) is 43.1 Å². The Balaban J connectivity index is 0.000000242. The molecule has 12 heteroatoms. The van der Waals surface area contributed by atoms with Crippen molar-refractivity contribution in [2.45, 2.75) is 97.2 Å². The van der Waals surface area contributed by atoms with Crippen LogP contribution < -0.4 is 10.6 Å². The lowest BCUT2D eigenvalue weighted by Crippen LogP contribution is -2.27. The summed E-state index contributed by atoms with van der Waals surface area (Å²) < 4.78 is 15.7. The van der Waals surface area contributed by atoms with Gasteiger partial charge >= 0.3 is 17.9 Å². The lowest BCUT2D eigenvalue weighted by Gasteiger charge is -2.23. The molecule has 0 saturated carbocycles. The maximum atomic E-state index is 12.6. The van der Waals surface area contributed by atoms with Crippen LogP contribution in [-0.4, -0.2) is 41.6 Å². The summed E-state index contributed by atoms with van der Waals surface area (Å²) in [4.78, 5) is 49.8. The number of fused-ring (bicyclic) bond motifs is 1. The molecule has 5 rings (SSSR count). The molecule has 9 nitrogen and oxygen atoms in total. The molecule has 1 heterocycles. The molecule has 1 amide bonds. The lowest BCUT2D eigenvalue weighted by molar-refractivity contribution is -0.157. The number of amides is 1. The molecule has 2 unspecified atom stereocenters. The van der Waals surface area contributed by atoms with Gasteiger partial charge in [-0.3, -0.25) is 14.4 Å². The van der Waals surface area contributed by atoms with Gasteiger partial charge in [-0.15, -0.1) is 0 Å². The third-order valence-corrected chi connectivity index (χ3v) is 9.32. The number of benzene rings is 4. The number of alkyl halides is 1. The van der Waals surface area contributed by atoms with Crippen molar-refractivity contribution in [3.05, 3.63) is 128 Å². The molecule has 300 valence electrons. The molecule has 56 heavy (non-hydrogen) atoms. The Hall–Kier alpha value is -4.38. The van der Waals surface area contributed by atoms with E-state index in [9.17, 15) is 19.2 Å². The van der Waals surface area contributed by atoms with Crippen LogP contribution in [0.4, 0.5) is 11.4 Å². The summed E-state index contributed by atoms with van der Waals surface area (Å²) in [6.45, 7) is 17.5. The average Bonchev–Trinajstić information content (AvgIpc) is 3.45. The SMILES string of the molecule is CC(C(=O)OC(C)(C)C)c1ccc(N)cc1.CC(C(=O)OC(C)(C)C)c1ccc(N2Cc3ccc(Cl)cc3C2=O)cc1.CCOC(=O)c1cc(Cl)ccc1CBr. The van der Waals surface area contributed by atoms with Crippen LogP contribution in [0.15, 0.2) is 84.9 Å². The maximum Gasteiger partial charge on any atom is 0.338 e. The Morgan fingerprint density at radius 3 is 1.73 bits per heavy atom. The molecule has 0 fully saturated rings. The van der Waals surface area contributed by atoms with Gasteiger partial charge in [0.25, 0.3) is 5.91 Å². The van der Waals surface area contributed by atoms with Gasteiger partial charge < -0.3 is 24.8 Å². The molecule has 1 aliphatic heterocycles. The second-order valence-electron chi connectivity index (χ2n) is 15.1. The van der Waals surface area contributed by atoms with Gasteiger partial charge in [-0.25, -0.2) is 4.79 Å². The van der Waals surface area contributed by atoms with Crippen molar-refractivity contribution in [3.8, 4) is 0 Å². The summed E-state index contributed by atoms with van der Waals surface area (Å²) in [5.74, 6) is -1.49. The van der Waals surface area contributed by atoms with Crippen molar-refractivity contribution in [1.82, 2.24) is 0 Å². The fourth-order valence-corrected chi connectivity index (χ4v) is 6.16. The molecule has 0 aromatic heterocycles. The van der Waals surface area contributed by atoms with E-state index in [1.807, 2.05) is 104 Å². The van der Waals surface area contributed by atoms with E-state index in [1.54, 1.807) is 48.2 Å². The fraction of sp³-hybridized carbons (Fsp3) is 0.364. The molecule has 2 N–H and O–H groups in total. The van der Waals surface area contributed by atoms with Crippen molar-refractivity contribution < 1.29 is 33.4 Å². The predicted molar refractivity (Wildman–Crippen MR) is 228 cm³/mol. The summed E-state index contributed by atoms with van der Waals surface area (Å²) in [6, 6.07) is 25.3. The van der Waals surface area contributed by atoms with Crippen LogP contribution in [0.25, 0.3) is 0 Å². The Labute approximate surface area is 348 Å². The topological polar surface area (TPSA) is 125 Å². The number of ether oxygens (including phenoxy) is 3. The Morgan fingerprint density at radius 2 is 1.25 bits per heavy atom. The number of rotatable bonds is 8. The molecular formula is C44H51BrCl2N2O7. The standard InChI is InChI=1S/C21H22ClNO3.C13H19NO2.C10H10BrClO2/c1-13(20(25)26-21(2,3)4)14-6-9-17(10-7-14)23-12-15-5-8-16(22)11-18(15)19(23)24;1-9(12(15)16-13(2,3)4)10-5-7-11(14)8-6-10;1-2-14-10(13)9-5-8(12)4-3-7(9)6-11/h5-11,13H,12H2,1-4H3;5-9H,14H2,1-4H3;3-5H,2,6H2,1H3. The van der Waals surface area contributed by atoms with E-state index in [-0.39, 0.29) is 35.7 Å². The van der Waals surface area contributed by atoms with Gasteiger partial charge in [0.2, 0.25) is 0 Å². The number of hydrogen-bond acceptors (Lipinski definition) is 8. The van der Waals surface area contributed by atoms with E-state index in [1.165, 1.54) is 0 Å². The summed E-state index contributed by atoms with van der Waals surface area (Å²) in [7, 11) is 0. The van der Waals surface area contributed by atoms with Crippen molar-refractivity contribution in [1.29, 1.82) is 0 Å². The smallest absolute Gasteiger partial charge is 0.338 e. The number of esters is 3. The van der Waals surface area contributed by atoms with E-state index in [2.05, 4.69) is 15.9 Å². The predicted octanol–water partition coefficient (Wildman–Crippen LogP) is 11.1.